The summed E-state index contributed by atoms with van der Waals surface area (Å²) in [5.41, 5.74) is 1.35. The highest BCUT2D eigenvalue weighted by Crippen LogP contribution is 2.27. The fourth-order valence-corrected chi connectivity index (χ4v) is 2.89. The molecule has 0 aromatic heterocycles. The second kappa shape index (κ2) is 7.46. The van der Waals surface area contributed by atoms with Gasteiger partial charge in [0, 0.05) is 30.2 Å². The van der Waals surface area contributed by atoms with Gasteiger partial charge in [0.25, 0.3) is 0 Å². The third-order valence-electron chi connectivity index (χ3n) is 4.18. The van der Waals surface area contributed by atoms with Crippen molar-refractivity contribution in [2.45, 2.75) is 33.7 Å². The maximum Gasteiger partial charge on any atom is 0.0446 e. The number of hydrogen-bond acceptors (Lipinski definition) is 2. The number of hydrogen-bond donors (Lipinski definition) is 1. The van der Waals surface area contributed by atoms with Crippen LogP contribution in [0.3, 0.4) is 0 Å². The molecule has 0 fully saturated rings. The van der Waals surface area contributed by atoms with E-state index in [1.165, 1.54) is 16.5 Å². The summed E-state index contributed by atoms with van der Waals surface area (Å²) in [4.78, 5) is 2.50. The summed E-state index contributed by atoms with van der Waals surface area (Å²) in [7, 11) is 0. The number of rotatable bonds is 7. The minimum absolute atomic E-state index is 0.522. The lowest BCUT2D eigenvalue weighted by Gasteiger charge is -2.31. The molecule has 21 heavy (non-hydrogen) atoms. The number of benzene rings is 2. The Morgan fingerprint density at radius 2 is 1.71 bits per heavy atom. The van der Waals surface area contributed by atoms with E-state index >= 15 is 0 Å². The molecule has 0 spiro atoms. The molecule has 0 heterocycles. The normalized spacial score (nSPS) is 12.8. The van der Waals surface area contributed by atoms with Gasteiger partial charge in [-0.1, -0.05) is 57.2 Å². The Balaban J connectivity index is 2.31. The van der Waals surface area contributed by atoms with Crippen LogP contribution in [0.4, 0.5) is 5.69 Å². The van der Waals surface area contributed by atoms with E-state index in [-0.39, 0.29) is 0 Å². The SMILES string of the molecule is CCNC(CN(CC)c1cccc2ccccc12)C(C)C. The average molecular weight is 284 g/mol. The van der Waals surface area contributed by atoms with E-state index in [4.69, 9.17) is 0 Å². The lowest BCUT2D eigenvalue weighted by molar-refractivity contribution is 0.406. The largest absolute Gasteiger partial charge is 0.370 e. The van der Waals surface area contributed by atoms with E-state index in [0.29, 0.717) is 12.0 Å². The monoisotopic (exact) mass is 284 g/mol. The highest BCUT2D eigenvalue weighted by molar-refractivity contribution is 5.94. The first-order chi connectivity index (χ1) is 10.2. The molecule has 2 aromatic rings. The molecule has 2 nitrogen and oxygen atoms in total. The van der Waals surface area contributed by atoms with Crippen LogP contribution >= 0.6 is 0 Å². The van der Waals surface area contributed by atoms with Crippen LogP contribution in [0.15, 0.2) is 42.5 Å². The average Bonchev–Trinajstić information content (AvgIpc) is 2.51. The maximum atomic E-state index is 3.62. The summed E-state index contributed by atoms with van der Waals surface area (Å²) in [6.45, 7) is 12.1. The van der Waals surface area contributed by atoms with Crippen LogP contribution in [-0.4, -0.2) is 25.7 Å². The molecule has 2 rings (SSSR count). The zero-order valence-corrected chi connectivity index (χ0v) is 13.8. The highest BCUT2D eigenvalue weighted by atomic mass is 15.2. The quantitative estimate of drug-likeness (QED) is 0.815. The Hall–Kier alpha value is -1.54. The van der Waals surface area contributed by atoms with Gasteiger partial charge in [0.15, 0.2) is 0 Å². The van der Waals surface area contributed by atoms with Gasteiger partial charge in [-0.15, -0.1) is 0 Å². The zero-order valence-electron chi connectivity index (χ0n) is 13.8. The summed E-state index contributed by atoms with van der Waals surface area (Å²) in [5.74, 6) is 0.633. The maximum absolute atomic E-state index is 3.62. The highest BCUT2D eigenvalue weighted by Gasteiger charge is 2.17. The van der Waals surface area contributed by atoms with Gasteiger partial charge in [0.05, 0.1) is 0 Å². The molecule has 114 valence electrons. The minimum Gasteiger partial charge on any atom is -0.370 e. The second-order valence-corrected chi connectivity index (χ2v) is 5.95. The van der Waals surface area contributed by atoms with Gasteiger partial charge in [0.1, 0.15) is 0 Å². The first kappa shape index (κ1) is 15.8. The molecule has 1 N–H and O–H groups in total. The molecule has 0 aliphatic heterocycles. The Labute approximate surface area is 129 Å². The van der Waals surface area contributed by atoms with Gasteiger partial charge in [-0.05, 0) is 30.8 Å². The van der Waals surface area contributed by atoms with Gasteiger partial charge in [-0.25, -0.2) is 0 Å². The first-order valence-electron chi connectivity index (χ1n) is 8.13. The van der Waals surface area contributed by atoms with Crippen LogP contribution in [0.5, 0.6) is 0 Å². The van der Waals surface area contributed by atoms with E-state index in [9.17, 15) is 0 Å². The van der Waals surface area contributed by atoms with Crippen LogP contribution in [0.25, 0.3) is 10.8 Å². The molecule has 1 unspecified atom stereocenters. The molecule has 0 aliphatic carbocycles. The second-order valence-electron chi connectivity index (χ2n) is 5.95. The predicted octanol–water partition coefficient (Wildman–Crippen LogP) is 4.30. The molecule has 0 bridgehead atoms. The number of likely N-dealkylation sites (N-methyl/N-ethyl adjacent to an activating group) is 2. The van der Waals surface area contributed by atoms with Gasteiger partial charge in [-0.3, -0.25) is 0 Å². The first-order valence-corrected chi connectivity index (χ1v) is 8.13. The minimum atomic E-state index is 0.522. The van der Waals surface area contributed by atoms with Gasteiger partial charge in [0.2, 0.25) is 0 Å². The number of fused-ring (bicyclic) bond motifs is 1. The van der Waals surface area contributed by atoms with Crippen LogP contribution in [0, 0.1) is 5.92 Å². The van der Waals surface area contributed by atoms with Crippen molar-refractivity contribution in [3.05, 3.63) is 42.5 Å². The number of anilines is 1. The van der Waals surface area contributed by atoms with Crippen LogP contribution in [0.2, 0.25) is 0 Å². The molecule has 0 amide bonds. The standard InChI is InChI=1S/C19H28N2/c1-5-20-18(15(3)4)14-21(6-2)19-13-9-11-16-10-7-8-12-17(16)19/h7-13,15,18,20H,5-6,14H2,1-4H3. The smallest absolute Gasteiger partial charge is 0.0446 e. The summed E-state index contributed by atoms with van der Waals surface area (Å²) in [6, 6.07) is 15.8. The fourth-order valence-electron chi connectivity index (χ4n) is 2.89. The molecule has 2 aromatic carbocycles. The summed E-state index contributed by atoms with van der Waals surface area (Å²) in [5, 5.41) is 6.29. The van der Waals surface area contributed by atoms with E-state index < -0.39 is 0 Å². The molecular formula is C19H28N2. The van der Waals surface area contributed by atoms with E-state index in [0.717, 1.165) is 19.6 Å². The van der Waals surface area contributed by atoms with E-state index in [2.05, 4.69) is 80.4 Å². The van der Waals surface area contributed by atoms with Crippen molar-refractivity contribution in [3.8, 4) is 0 Å². The molecule has 0 saturated heterocycles. The molecule has 1 atom stereocenters. The van der Waals surface area contributed by atoms with Crippen molar-refractivity contribution in [2.24, 2.45) is 5.92 Å². The summed E-state index contributed by atoms with van der Waals surface area (Å²) >= 11 is 0. The van der Waals surface area contributed by atoms with Crippen molar-refractivity contribution in [1.82, 2.24) is 5.32 Å². The van der Waals surface area contributed by atoms with Crippen molar-refractivity contribution >= 4 is 16.5 Å². The third kappa shape index (κ3) is 3.76. The van der Waals surface area contributed by atoms with Crippen LogP contribution < -0.4 is 10.2 Å². The van der Waals surface area contributed by atoms with Crippen molar-refractivity contribution < 1.29 is 0 Å². The number of nitrogens with zero attached hydrogens (tertiary/aromatic N) is 1. The van der Waals surface area contributed by atoms with Crippen molar-refractivity contribution in [3.63, 3.8) is 0 Å². The zero-order chi connectivity index (χ0) is 15.2. The van der Waals surface area contributed by atoms with Crippen molar-refractivity contribution in [1.29, 1.82) is 0 Å². The molecule has 0 aliphatic rings. The van der Waals surface area contributed by atoms with E-state index in [1.807, 2.05) is 0 Å². The molecule has 0 saturated carbocycles. The third-order valence-corrected chi connectivity index (χ3v) is 4.18. The fraction of sp³-hybridized carbons (Fsp3) is 0.474. The van der Waals surface area contributed by atoms with Crippen molar-refractivity contribution in [2.75, 3.05) is 24.5 Å². The lowest BCUT2D eigenvalue weighted by Crippen LogP contribution is -2.44. The van der Waals surface area contributed by atoms with E-state index in [1.54, 1.807) is 0 Å². The predicted molar refractivity (Wildman–Crippen MR) is 94.1 cm³/mol. The Kier molecular flexibility index (Phi) is 5.63. The topological polar surface area (TPSA) is 15.3 Å². The van der Waals surface area contributed by atoms with Crippen LogP contribution in [0.1, 0.15) is 27.7 Å². The molecule has 2 heteroatoms. The van der Waals surface area contributed by atoms with Gasteiger partial charge < -0.3 is 10.2 Å². The Morgan fingerprint density at radius 3 is 2.38 bits per heavy atom. The Bertz CT molecular complexity index is 557. The van der Waals surface area contributed by atoms with Gasteiger partial charge >= 0.3 is 0 Å². The summed E-state index contributed by atoms with van der Waals surface area (Å²) < 4.78 is 0. The summed E-state index contributed by atoms with van der Waals surface area (Å²) in [6.07, 6.45) is 0. The van der Waals surface area contributed by atoms with Gasteiger partial charge in [-0.2, -0.15) is 0 Å². The van der Waals surface area contributed by atoms with Crippen LogP contribution in [-0.2, 0) is 0 Å². The molecule has 0 radical (unpaired) electrons. The number of nitrogens with one attached hydrogen (secondary N) is 1. The lowest BCUT2D eigenvalue weighted by atomic mass is 10.0. The Morgan fingerprint density at radius 1 is 1.00 bits per heavy atom. The molecular weight excluding hydrogens is 256 g/mol.